The molecule has 3 aromatic rings. The quantitative estimate of drug-likeness (QED) is 0.323. The maximum Gasteiger partial charge on any atom is 0.140 e. The van der Waals surface area contributed by atoms with Crippen molar-refractivity contribution in [3.8, 4) is 17.1 Å². The first-order valence-electron chi connectivity index (χ1n) is 12.8. The fraction of sp³-hybridized carbons (Fsp3) is 0.577. The number of aromatic nitrogens is 4. The molecule has 2 aliphatic rings. The van der Waals surface area contributed by atoms with Gasteiger partial charge in [0.2, 0.25) is 0 Å². The van der Waals surface area contributed by atoms with Crippen molar-refractivity contribution in [1.29, 1.82) is 0 Å². The zero-order valence-electron chi connectivity index (χ0n) is 21.7. The zero-order chi connectivity index (χ0) is 25.3. The summed E-state index contributed by atoms with van der Waals surface area (Å²) in [5.74, 6) is 1.65. The molecule has 2 aromatic heterocycles. The summed E-state index contributed by atoms with van der Waals surface area (Å²) in [5, 5.41) is 15.4. The summed E-state index contributed by atoms with van der Waals surface area (Å²) in [6.45, 7) is 12.1. The minimum atomic E-state index is -1.19. The molecular weight excluding hydrogens is 474 g/mol. The molecule has 0 radical (unpaired) electrons. The molecule has 1 unspecified atom stereocenters. The highest BCUT2D eigenvalue weighted by Gasteiger charge is 2.40. The number of aliphatic hydroxyl groups is 1. The Morgan fingerprint density at radius 1 is 1.19 bits per heavy atom. The average Bonchev–Trinajstić information content (AvgIpc) is 3.47. The number of hydrogen-bond acceptors (Lipinski definition) is 8. The van der Waals surface area contributed by atoms with Gasteiger partial charge in [-0.05, 0) is 44.0 Å². The molecule has 1 aromatic carbocycles. The Morgan fingerprint density at radius 2 is 2.03 bits per heavy atom. The second kappa shape index (κ2) is 10.1. The molecule has 2 fully saturated rings. The fourth-order valence-electron chi connectivity index (χ4n) is 4.32. The third kappa shape index (κ3) is 5.88. The molecule has 194 valence electrons. The predicted octanol–water partition coefficient (Wildman–Crippen LogP) is 3.93. The van der Waals surface area contributed by atoms with E-state index >= 15 is 0 Å². The predicted molar refractivity (Wildman–Crippen MR) is 142 cm³/mol. The Labute approximate surface area is 213 Å². The number of morpholine rings is 1. The first kappa shape index (κ1) is 25.1. The number of anilines is 1. The third-order valence-corrected chi connectivity index (χ3v) is 8.50. The molecule has 3 heterocycles. The summed E-state index contributed by atoms with van der Waals surface area (Å²) in [6.07, 6.45) is 3.53. The van der Waals surface area contributed by atoms with Gasteiger partial charge in [0.25, 0.3) is 0 Å². The van der Waals surface area contributed by atoms with Crippen molar-refractivity contribution in [2.75, 3.05) is 37.8 Å². The number of rotatable bonds is 10. The van der Waals surface area contributed by atoms with Gasteiger partial charge in [-0.2, -0.15) is 5.10 Å². The number of hydrogen-bond donors (Lipinski definition) is 1. The summed E-state index contributed by atoms with van der Waals surface area (Å²) in [7, 11) is -1.19. The molecule has 1 N–H and O–H groups in total. The van der Waals surface area contributed by atoms with Crippen LogP contribution in [0.5, 0.6) is 5.75 Å². The molecule has 0 amide bonds. The van der Waals surface area contributed by atoms with Crippen LogP contribution in [0, 0.1) is 0 Å². The Bertz CT molecular complexity index is 1210. The first-order chi connectivity index (χ1) is 17.2. The molecule has 1 atom stereocenters. The van der Waals surface area contributed by atoms with Crippen LogP contribution in [0.2, 0.25) is 25.7 Å². The Kier molecular flexibility index (Phi) is 7.04. The van der Waals surface area contributed by atoms with Crippen molar-refractivity contribution >= 4 is 24.8 Å². The molecule has 0 bridgehead atoms. The van der Waals surface area contributed by atoms with Crippen LogP contribution in [0.25, 0.3) is 22.3 Å². The molecule has 36 heavy (non-hydrogen) atoms. The topological polar surface area (TPSA) is 94.8 Å². The molecule has 1 saturated carbocycles. The average molecular weight is 512 g/mol. The van der Waals surface area contributed by atoms with Crippen molar-refractivity contribution < 1.29 is 19.3 Å². The molecule has 1 aliphatic heterocycles. The van der Waals surface area contributed by atoms with Gasteiger partial charge < -0.3 is 24.2 Å². The molecule has 1 aliphatic carbocycles. The second-order valence-electron chi connectivity index (χ2n) is 11.3. The fourth-order valence-corrected chi connectivity index (χ4v) is 5.07. The first-order valence-corrected chi connectivity index (χ1v) is 16.5. The monoisotopic (exact) mass is 511 g/mol. The van der Waals surface area contributed by atoms with E-state index in [1.807, 2.05) is 22.9 Å². The van der Waals surface area contributed by atoms with Crippen molar-refractivity contribution in [1.82, 2.24) is 19.7 Å². The molecule has 5 rings (SSSR count). The van der Waals surface area contributed by atoms with Gasteiger partial charge in [0.05, 0.1) is 36.2 Å². The summed E-state index contributed by atoms with van der Waals surface area (Å²) in [6, 6.07) is 9.16. The van der Waals surface area contributed by atoms with Gasteiger partial charge in [-0.3, -0.25) is 0 Å². The Morgan fingerprint density at radius 3 is 2.78 bits per heavy atom. The summed E-state index contributed by atoms with van der Waals surface area (Å²) < 4.78 is 19.9. The van der Waals surface area contributed by atoms with Crippen molar-refractivity contribution in [3.05, 3.63) is 30.6 Å². The molecule has 10 heteroatoms. The number of ether oxygens (including phenoxy) is 3. The van der Waals surface area contributed by atoms with Gasteiger partial charge in [0.1, 0.15) is 30.2 Å². The van der Waals surface area contributed by atoms with E-state index in [-0.39, 0.29) is 18.3 Å². The highest BCUT2D eigenvalue weighted by atomic mass is 28.3. The molecular formula is C26H37N5O4Si. The van der Waals surface area contributed by atoms with Crippen LogP contribution in [-0.2, 0) is 16.2 Å². The van der Waals surface area contributed by atoms with Crippen LogP contribution in [0.1, 0.15) is 19.8 Å². The third-order valence-electron chi connectivity index (χ3n) is 6.80. The Hall–Kier alpha value is -2.53. The lowest BCUT2D eigenvalue weighted by Crippen LogP contribution is -2.44. The van der Waals surface area contributed by atoms with Crippen LogP contribution in [0.3, 0.4) is 0 Å². The summed E-state index contributed by atoms with van der Waals surface area (Å²) in [4.78, 5) is 11.3. The van der Waals surface area contributed by atoms with Crippen molar-refractivity contribution in [3.63, 3.8) is 0 Å². The lowest BCUT2D eigenvalue weighted by molar-refractivity contribution is 0.00336. The maximum atomic E-state index is 9.56. The number of fused-ring (bicyclic) bond motifs is 1. The molecule has 9 nitrogen and oxygen atoms in total. The number of aliphatic hydroxyl groups excluding tert-OH is 1. The summed E-state index contributed by atoms with van der Waals surface area (Å²) in [5.41, 5.74) is 2.47. The van der Waals surface area contributed by atoms with E-state index in [0.717, 1.165) is 52.7 Å². The zero-order valence-corrected chi connectivity index (χ0v) is 22.7. The van der Waals surface area contributed by atoms with Crippen molar-refractivity contribution in [2.45, 2.75) is 63.9 Å². The maximum absolute atomic E-state index is 9.56. The van der Waals surface area contributed by atoms with Crippen LogP contribution in [0.4, 0.5) is 5.82 Å². The van der Waals surface area contributed by atoms with Gasteiger partial charge in [0.15, 0.2) is 0 Å². The van der Waals surface area contributed by atoms with E-state index in [1.54, 1.807) is 6.33 Å². The van der Waals surface area contributed by atoms with E-state index in [0.29, 0.717) is 33.0 Å². The van der Waals surface area contributed by atoms with Gasteiger partial charge >= 0.3 is 0 Å². The van der Waals surface area contributed by atoms with Gasteiger partial charge in [-0.25, -0.2) is 14.6 Å². The Balaban J connectivity index is 1.48. The second-order valence-corrected chi connectivity index (χ2v) is 16.9. The highest BCUT2D eigenvalue weighted by molar-refractivity contribution is 6.76. The van der Waals surface area contributed by atoms with Gasteiger partial charge in [0, 0.05) is 39.2 Å². The minimum Gasteiger partial charge on any atom is -0.488 e. The van der Waals surface area contributed by atoms with Crippen LogP contribution in [0.15, 0.2) is 30.6 Å². The molecule has 1 saturated heterocycles. The lowest BCUT2D eigenvalue weighted by atomic mass is 10.1. The normalized spacial score (nSPS) is 19.6. The van der Waals surface area contributed by atoms with Crippen molar-refractivity contribution in [2.24, 2.45) is 0 Å². The lowest BCUT2D eigenvalue weighted by Gasteiger charge is -2.32. The molecule has 0 spiro atoms. The van der Waals surface area contributed by atoms with Gasteiger partial charge in [-0.15, -0.1) is 0 Å². The van der Waals surface area contributed by atoms with E-state index in [1.165, 1.54) is 0 Å². The SMILES string of the molecule is CC1(Oc2ccc3nn(COCC[Si](C)(C)C)c(-c4cc(N5CCOC(CO)C5)ncn4)c3c2)CC1. The minimum absolute atomic E-state index is 0.0116. The highest BCUT2D eigenvalue weighted by Crippen LogP contribution is 2.41. The van der Waals surface area contributed by atoms with E-state index in [4.69, 9.17) is 19.3 Å². The number of benzene rings is 1. The van der Waals surface area contributed by atoms with E-state index in [9.17, 15) is 5.11 Å². The standard InChI is InChI=1S/C26H37N5O4Si/c1-26(7-8-26)35-19-5-6-22-21(13-19)25(31(29-22)18-33-11-12-36(2,3)4)23-14-24(28-17-27-23)30-9-10-34-20(15-30)16-32/h5-6,13-14,17,20,32H,7-12,15-16,18H2,1-4H3. The van der Waals surface area contributed by atoms with Crippen LogP contribution in [-0.4, -0.2) is 77.5 Å². The summed E-state index contributed by atoms with van der Waals surface area (Å²) >= 11 is 0. The van der Waals surface area contributed by atoms with E-state index in [2.05, 4.69) is 47.5 Å². The van der Waals surface area contributed by atoms with Crippen LogP contribution < -0.4 is 9.64 Å². The van der Waals surface area contributed by atoms with Crippen LogP contribution >= 0.6 is 0 Å². The largest absolute Gasteiger partial charge is 0.488 e. The smallest absolute Gasteiger partial charge is 0.140 e. The number of nitrogens with zero attached hydrogens (tertiary/aromatic N) is 5. The van der Waals surface area contributed by atoms with E-state index < -0.39 is 8.07 Å². The van der Waals surface area contributed by atoms with Gasteiger partial charge in [-0.1, -0.05) is 19.6 Å².